The number of hydrogen-bond acceptors (Lipinski definition) is 8. The molecule has 0 aromatic heterocycles. The van der Waals surface area contributed by atoms with Crippen LogP contribution in [-0.2, 0) is 14.4 Å². The highest BCUT2D eigenvalue weighted by molar-refractivity contribution is 8.76. The molecule has 2 aromatic carbocycles. The summed E-state index contributed by atoms with van der Waals surface area (Å²) in [5.74, 6) is 0.0519. The van der Waals surface area contributed by atoms with Crippen LogP contribution in [-0.4, -0.2) is 60.5 Å². The summed E-state index contributed by atoms with van der Waals surface area (Å²) in [4.78, 5) is 45.0. The smallest absolute Gasteiger partial charge is 0.278 e. The standard InChI is InChI=1S/C23H26N4O3S2/c1-3-31-32-15-18(24)21(29)23(25-2)22(30)27(13-14-28)19-12-8-7-11-17(19)20(26-23)16-9-5-4-6-10-16/h4-12,14,18,25H,3,13,15,24H2,1-2H3. The maximum atomic E-state index is 13.8. The molecule has 1 aliphatic heterocycles. The first-order chi connectivity index (χ1) is 15.5. The second-order valence-corrected chi connectivity index (χ2v) is 9.84. The molecule has 32 heavy (non-hydrogen) atoms. The molecule has 2 unspecified atom stereocenters. The predicted octanol–water partition coefficient (Wildman–Crippen LogP) is 2.28. The molecule has 2 atom stereocenters. The SMILES string of the molecule is CCSSCC(N)C(=O)C1(NC)N=C(c2ccccc2)c2ccccc2N(CC=O)C1=O. The summed E-state index contributed by atoms with van der Waals surface area (Å²) in [5.41, 5.74) is 6.68. The number of rotatable bonds is 10. The van der Waals surface area contributed by atoms with Crippen molar-refractivity contribution >= 4 is 51.0 Å². The molecule has 0 aliphatic carbocycles. The van der Waals surface area contributed by atoms with Gasteiger partial charge in [-0.15, -0.1) is 0 Å². The minimum Gasteiger partial charge on any atom is -0.321 e. The Bertz CT molecular complexity index is 1020. The molecule has 3 rings (SSSR count). The summed E-state index contributed by atoms with van der Waals surface area (Å²) in [6.07, 6.45) is 0.640. The first kappa shape index (κ1) is 24.2. The van der Waals surface area contributed by atoms with Gasteiger partial charge >= 0.3 is 0 Å². The largest absolute Gasteiger partial charge is 0.321 e. The maximum Gasteiger partial charge on any atom is 0.278 e. The minimum atomic E-state index is -1.95. The molecule has 3 N–H and O–H groups in total. The van der Waals surface area contributed by atoms with Gasteiger partial charge in [-0.3, -0.25) is 14.9 Å². The molecular weight excluding hydrogens is 444 g/mol. The summed E-state index contributed by atoms with van der Waals surface area (Å²) in [6, 6.07) is 15.6. The Morgan fingerprint density at radius 3 is 2.53 bits per heavy atom. The fourth-order valence-electron chi connectivity index (χ4n) is 3.56. The highest BCUT2D eigenvalue weighted by Gasteiger charge is 2.51. The molecule has 9 heteroatoms. The zero-order chi connectivity index (χ0) is 23.1. The number of carbonyl (C=O) groups excluding carboxylic acids is 3. The van der Waals surface area contributed by atoms with E-state index in [0.29, 0.717) is 29.0 Å². The van der Waals surface area contributed by atoms with Gasteiger partial charge in [0.25, 0.3) is 11.6 Å². The molecular formula is C23H26N4O3S2. The van der Waals surface area contributed by atoms with Gasteiger partial charge in [-0.1, -0.05) is 77.0 Å². The van der Waals surface area contributed by atoms with Gasteiger partial charge in [0.1, 0.15) is 6.29 Å². The van der Waals surface area contributed by atoms with Gasteiger partial charge in [-0.2, -0.15) is 0 Å². The lowest BCUT2D eigenvalue weighted by atomic mass is 9.97. The fourth-order valence-corrected chi connectivity index (χ4v) is 5.35. The number of anilines is 1. The van der Waals surface area contributed by atoms with Crippen LogP contribution in [0.1, 0.15) is 18.1 Å². The number of nitrogens with one attached hydrogen (secondary N) is 1. The number of hydrogen-bond donors (Lipinski definition) is 2. The van der Waals surface area contributed by atoms with Crippen molar-refractivity contribution < 1.29 is 14.4 Å². The molecule has 7 nitrogen and oxygen atoms in total. The van der Waals surface area contributed by atoms with Gasteiger partial charge in [0.2, 0.25) is 5.78 Å². The third-order valence-electron chi connectivity index (χ3n) is 5.09. The van der Waals surface area contributed by atoms with Gasteiger partial charge in [0.05, 0.1) is 24.0 Å². The summed E-state index contributed by atoms with van der Waals surface area (Å²) in [5, 5.41) is 2.86. The van der Waals surface area contributed by atoms with Crippen LogP contribution in [0.5, 0.6) is 0 Å². The Balaban J connectivity index is 2.22. The molecule has 0 saturated carbocycles. The Morgan fingerprint density at radius 2 is 1.88 bits per heavy atom. The van der Waals surface area contributed by atoms with Crippen LogP contribution >= 0.6 is 21.6 Å². The number of benzodiazepines with no additional fused rings is 1. The van der Waals surface area contributed by atoms with E-state index >= 15 is 0 Å². The van der Waals surface area contributed by atoms with Crippen molar-refractivity contribution in [3.8, 4) is 0 Å². The number of nitrogens with zero attached hydrogens (tertiary/aromatic N) is 2. The lowest BCUT2D eigenvalue weighted by Gasteiger charge is -2.32. The summed E-state index contributed by atoms with van der Waals surface area (Å²) < 4.78 is 0. The normalized spacial score (nSPS) is 19.0. The van der Waals surface area contributed by atoms with Crippen LogP contribution in [0.25, 0.3) is 0 Å². The minimum absolute atomic E-state index is 0.209. The first-order valence-corrected chi connectivity index (χ1v) is 12.7. The van der Waals surface area contributed by atoms with Gasteiger partial charge in [0, 0.05) is 22.6 Å². The van der Waals surface area contributed by atoms with Crippen LogP contribution in [0.15, 0.2) is 59.6 Å². The van der Waals surface area contributed by atoms with E-state index in [1.54, 1.807) is 22.9 Å². The number of amides is 1. The second kappa shape index (κ2) is 10.9. The molecule has 0 fully saturated rings. The van der Waals surface area contributed by atoms with Gasteiger partial charge in [-0.05, 0) is 13.1 Å². The van der Waals surface area contributed by atoms with Crippen LogP contribution < -0.4 is 16.0 Å². The topological polar surface area (TPSA) is 105 Å². The predicted molar refractivity (Wildman–Crippen MR) is 132 cm³/mol. The average molecular weight is 471 g/mol. The lowest BCUT2D eigenvalue weighted by molar-refractivity contribution is -0.136. The Hall–Kier alpha value is -2.46. The number of ketones is 1. The van der Waals surface area contributed by atoms with E-state index in [1.807, 2.05) is 49.4 Å². The Morgan fingerprint density at radius 1 is 1.19 bits per heavy atom. The van der Waals surface area contributed by atoms with E-state index < -0.39 is 23.4 Å². The third-order valence-corrected chi connectivity index (χ3v) is 7.61. The van der Waals surface area contributed by atoms with Crippen molar-refractivity contribution in [3.05, 3.63) is 65.7 Å². The van der Waals surface area contributed by atoms with Crippen LogP contribution in [0.3, 0.4) is 0 Å². The third kappa shape index (κ3) is 4.66. The number of aliphatic imine (C=N–C) groups is 1. The quantitative estimate of drug-likeness (QED) is 0.238. The van der Waals surface area contributed by atoms with Crippen molar-refractivity contribution in [1.29, 1.82) is 0 Å². The van der Waals surface area contributed by atoms with Crippen molar-refractivity contribution in [2.75, 3.05) is 30.0 Å². The molecule has 1 aliphatic rings. The van der Waals surface area contributed by atoms with Crippen LogP contribution in [0.2, 0.25) is 0 Å². The number of Topliss-reactive ketones (excluding diaryl/α,β-unsaturated/α-hetero) is 1. The number of carbonyl (C=O) groups is 3. The van der Waals surface area contributed by atoms with E-state index in [1.165, 1.54) is 22.7 Å². The highest BCUT2D eigenvalue weighted by atomic mass is 33.1. The highest BCUT2D eigenvalue weighted by Crippen LogP contribution is 2.32. The number of nitrogens with two attached hydrogens (primary N) is 1. The monoisotopic (exact) mass is 470 g/mol. The van der Waals surface area contributed by atoms with E-state index in [-0.39, 0.29) is 6.54 Å². The first-order valence-electron chi connectivity index (χ1n) is 10.2. The van der Waals surface area contributed by atoms with E-state index in [2.05, 4.69) is 5.32 Å². The van der Waals surface area contributed by atoms with Crippen molar-refractivity contribution in [1.82, 2.24) is 5.32 Å². The second-order valence-electron chi connectivity index (χ2n) is 7.05. The van der Waals surface area contributed by atoms with E-state index in [9.17, 15) is 14.4 Å². The summed E-state index contributed by atoms with van der Waals surface area (Å²) in [6.45, 7) is 1.81. The number of likely N-dealkylation sites (N-methyl/N-ethyl adjacent to an activating group) is 1. The molecule has 0 spiro atoms. The molecule has 0 saturated heterocycles. The molecule has 1 heterocycles. The van der Waals surface area contributed by atoms with Crippen molar-refractivity contribution in [2.24, 2.45) is 10.7 Å². The molecule has 168 valence electrons. The van der Waals surface area contributed by atoms with E-state index in [0.717, 1.165) is 11.3 Å². The zero-order valence-electron chi connectivity index (χ0n) is 18.0. The molecule has 1 amide bonds. The van der Waals surface area contributed by atoms with E-state index in [4.69, 9.17) is 10.7 Å². The fraction of sp³-hybridized carbons (Fsp3) is 0.304. The maximum absolute atomic E-state index is 13.8. The summed E-state index contributed by atoms with van der Waals surface area (Å²) in [7, 11) is 4.58. The average Bonchev–Trinajstić information content (AvgIpc) is 2.93. The number of para-hydroxylation sites is 1. The number of fused-ring (bicyclic) bond motifs is 1. The van der Waals surface area contributed by atoms with Crippen LogP contribution in [0, 0.1) is 0 Å². The molecule has 0 bridgehead atoms. The van der Waals surface area contributed by atoms with Crippen molar-refractivity contribution in [2.45, 2.75) is 18.6 Å². The number of aldehydes is 1. The molecule has 0 radical (unpaired) electrons. The number of benzene rings is 2. The van der Waals surface area contributed by atoms with Crippen LogP contribution in [0.4, 0.5) is 5.69 Å². The lowest BCUT2D eigenvalue weighted by Crippen LogP contribution is -2.65. The van der Waals surface area contributed by atoms with Gasteiger partial charge in [0.15, 0.2) is 0 Å². The zero-order valence-corrected chi connectivity index (χ0v) is 19.6. The molecule has 2 aromatic rings. The summed E-state index contributed by atoms with van der Waals surface area (Å²) >= 11 is 0. The Kier molecular flexibility index (Phi) is 8.25. The van der Waals surface area contributed by atoms with Gasteiger partial charge < -0.3 is 15.4 Å². The van der Waals surface area contributed by atoms with Gasteiger partial charge in [-0.25, -0.2) is 4.99 Å². The Labute approximate surface area is 195 Å². The van der Waals surface area contributed by atoms with Crippen molar-refractivity contribution in [3.63, 3.8) is 0 Å².